The lowest BCUT2D eigenvalue weighted by Gasteiger charge is -2.10. The zero-order valence-electron chi connectivity index (χ0n) is 15.5. The van der Waals surface area contributed by atoms with Crippen LogP contribution < -0.4 is 4.72 Å². The van der Waals surface area contributed by atoms with E-state index in [4.69, 9.17) is 0 Å². The van der Waals surface area contributed by atoms with E-state index in [1.165, 1.54) is 0 Å². The maximum atomic E-state index is 12.4. The minimum absolute atomic E-state index is 0.249. The van der Waals surface area contributed by atoms with Gasteiger partial charge < -0.3 is 0 Å². The summed E-state index contributed by atoms with van der Waals surface area (Å²) in [5.74, 6) is 1.66. The Bertz CT molecular complexity index is 967. The van der Waals surface area contributed by atoms with Gasteiger partial charge in [-0.1, -0.05) is 56.3 Å². The fourth-order valence-corrected chi connectivity index (χ4v) is 3.75. The van der Waals surface area contributed by atoms with Gasteiger partial charge in [0, 0.05) is 18.5 Å². The van der Waals surface area contributed by atoms with Gasteiger partial charge >= 0.3 is 0 Å². The number of nitrogens with one attached hydrogen (secondary N) is 2. The molecule has 0 saturated heterocycles. The van der Waals surface area contributed by atoms with Crippen molar-refractivity contribution in [3.8, 4) is 11.4 Å². The minimum atomic E-state index is -3.54. The van der Waals surface area contributed by atoms with E-state index in [9.17, 15) is 8.42 Å². The SMILES string of the molecule is CC[C@@H](C)c1ccc(S(=O)(=O)NCCc2nc(-c3ccccc3)n[nH]2)cc1. The van der Waals surface area contributed by atoms with Crippen molar-refractivity contribution >= 4 is 10.0 Å². The first-order valence-corrected chi connectivity index (χ1v) is 10.5. The van der Waals surface area contributed by atoms with Gasteiger partial charge in [0.25, 0.3) is 0 Å². The molecular weight excluding hydrogens is 360 g/mol. The van der Waals surface area contributed by atoms with Crippen LogP contribution >= 0.6 is 0 Å². The Morgan fingerprint density at radius 2 is 1.78 bits per heavy atom. The molecule has 3 aromatic rings. The van der Waals surface area contributed by atoms with Crippen LogP contribution in [0.5, 0.6) is 0 Å². The molecule has 0 radical (unpaired) electrons. The molecule has 0 aliphatic carbocycles. The smallest absolute Gasteiger partial charge is 0.240 e. The summed E-state index contributed by atoms with van der Waals surface area (Å²) in [5, 5.41) is 7.04. The molecule has 2 aromatic carbocycles. The van der Waals surface area contributed by atoms with Crippen molar-refractivity contribution in [2.75, 3.05) is 6.54 Å². The lowest BCUT2D eigenvalue weighted by Crippen LogP contribution is -2.26. The molecule has 0 aliphatic rings. The third-order valence-electron chi connectivity index (χ3n) is 4.59. The average Bonchev–Trinajstić information content (AvgIpc) is 3.17. The first kappa shape index (κ1) is 19.3. The molecule has 6 nitrogen and oxygen atoms in total. The molecule has 3 rings (SSSR count). The summed E-state index contributed by atoms with van der Waals surface area (Å²) in [7, 11) is -3.54. The fraction of sp³-hybridized carbons (Fsp3) is 0.300. The normalized spacial score (nSPS) is 12.8. The van der Waals surface area contributed by atoms with E-state index in [0.29, 0.717) is 24.0 Å². The predicted octanol–water partition coefficient (Wildman–Crippen LogP) is 3.51. The number of hydrogen-bond acceptors (Lipinski definition) is 4. The van der Waals surface area contributed by atoms with E-state index < -0.39 is 10.0 Å². The molecule has 1 heterocycles. The van der Waals surface area contributed by atoms with Gasteiger partial charge in [0.1, 0.15) is 5.82 Å². The first-order chi connectivity index (χ1) is 13.0. The van der Waals surface area contributed by atoms with Crippen LogP contribution in [0.3, 0.4) is 0 Å². The van der Waals surface area contributed by atoms with E-state index in [1.807, 2.05) is 42.5 Å². The Hall–Kier alpha value is -2.51. The van der Waals surface area contributed by atoms with Crippen LogP contribution in [0.15, 0.2) is 59.5 Å². The zero-order valence-corrected chi connectivity index (χ0v) is 16.3. The molecule has 0 fully saturated rings. The number of aromatic nitrogens is 3. The summed E-state index contributed by atoms with van der Waals surface area (Å²) in [6.07, 6.45) is 1.45. The summed E-state index contributed by atoms with van der Waals surface area (Å²) in [6.45, 7) is 4.49. The number of sulfonamides is 1. The summed E-state index contributed by atoms with van der Waals surface area (Å²) < 4.78 is 27.5. The molecule has 142 valence electrons. The molecule has 1 atom stereocenters. The van der Waals surface area contributed by atoms with Gasteiger partial charge in [0.05, 0.1) is 4.90 Å². The summed E-state index contributed by atoms with van der Waals surface area (Å²) >= 11 is 0. The van der Waals surface area contributed by atoms with E-state index in [2.05, 4.69) is 33.8 Å². The zero-order chi connectivity index (χ0) is 19.3. The number of hydrogen-bond donors (Lipinski definition) is 2. The van der Waals surface area contributed by atoms with Crippen molar-refractivity contribution in [1.82, 2.24) is 19.9 Å². The second-order valence-electron chi connectivity index (χ2n) is 6.50. The van der Waals surface area contributed by atoms with Gasteiger partial charge in [-0.2, -0.15) is 5.10 Å². The summed E-state index contributed by atoms with van der Waals surface area (Å²) in [4.78, 5) is 4.69. The number of H-pyrrole nitrogens is 1. The molecule has 7 heteroatoms. The Morgan fingerprint density at radius 3 is 2.44 bits per heavy atom. The second-order valence-corrected chi connectivity index (χ2v) is 8.26. The van der Waals surface area contributed by atoms with Gasteiger partial charge in [-0.25, -0.2) is 18.1 Å². The van der Waals surface area contributed by atoms with Crippen molar-refractivity contribution in [3.63, 3.8) is 0 Å². The van der Waals surface area contributed by atoms with Gasteiger partial charge in [0.15, 0.2) is 5.82 Å². The number of benzene rings is 2. The molecule has 0 unspecified atom stereocenters. The Kier molecular flexibility index (Phi) is 6.03. The Balaban J connectivity index is 1.59. The molecule has 0 aliphatic heterocycles. The fourth-order valence-electron chi connectivity index (χ4n) is 2.72. The average molecular weight is 385 g/mol. The summed E-state index contributed by atoms with van der Waals surface area (Å²) in [5.41, 5.74) is 2.06. The number of rotatable bonds is 8. The van der Waals surface area contributed by atoms with Gasteiger partial charge in [-0.15, -0.1) is 0 Å². The van der Waals surface area contributed by atoms with Crippen molar-refractivity contribution in [2.45, 2.75) is 37.5 Å². The van der Waals surface area contributed by atoms with Crippen molar-refractivity contribution in [1.29, 1.82) is 0 Å². The van der Waals surface area contributed by atoms with Gasteiger partial charge in [-0.3, -0.25) is 5.10 Å². The largest absolute Gasteiger partial charge is 0.263 e. The molecule has 0 amide bonds. The lowest BCUT2D eigenvalue weighted by molar-refractivity contribution is 0.580. The van der Waals surface area contributed by atoms with E-state index >= 15 is 0 Å². The second kappa shape index (κ2) is 8.45. The van der Waals surface area contributed by atoms with Crippen molar-refractivity contribution in [3.05, 3.63) is 66.0 Å². The standard InChI is InChI=1S/C20H24N4O2S/c1-3-15(2)16-9-11-18(12-10-16)27(25,26)21-14-13-19-22-20(24-23-19)17-7-5-4-6-8-17/h4-12,15,21H,3,13-14H2,1-2H3,(H,22,23,24)/t15-/m1/s1. The third-order valence-corrected chi connectivity index (χ3v) is 6.07. The highest BCUT2D eigenvalue weighted by Crippen LogP contribution is 2.20. The highest BCUT2D eigenvalue weighted by Gasteiger charge is 2.15. The Morgan fingerprint density at radius 1 is 1.07 bits per heavy atom. The monoisotopic (exact) mass is 384 g/mol. The lowest BCUT2D eigenvalue weighted by atomic mass is 9.99. The number of aromatic amines is 1. The van der Waals surface area contributed by atoms with Crippen LogP contribution in [0.1, 0.15) is 37.6 Å². The highest BCUT2D eigenvalue weighted by molar-refractivity contribution is 7.89. The molecule has 0 saturated carbocycles. The maximum absolute atomic E-state index is 12.4. The first-order valence-electron chi connectivity index (χ1n) is 9.06. The van der Waals surface area contributed by atoms with Crippen LogP contribution in [-0.4, -0.2) is 30.1 Å². The van der Waals surface area contributed by atoms with Crippen LogP contribution in [0.25, 0.3) is 11.4 Å². The molecular formula is C20H24N4O2S. The maximum Gasteiger partial charge on any atom is 0.240 e. The van der Waals surface area contributed by atoms with Crippen LogP contribution in [0.2, 0.25) is 0 Å². The molecule has 0 spiro atoms. The molecule has 2 N–H and O–H groups in total. The number of nitrogens with zero attached hydrogens (tertiary/aromatic N) is 2. The van der Waals surface area contributed by atoms with Crippen LogP contribution in [0.4, 0.5) is 0 Å². The predicted molar refractivity (Wildman–Crippen MR) is 106 cm³/mol. The molecule has 0 bridgehead atoms. The highest BCUT2D eigenvalue weighted by atomic mass is 32.2. The topological polar surface area (TPSA) is 87.7 Å². The van der Waals surface area contributed by atoms with Crippen molar-refractivity contribution < 1.29 is 8.42 Å². The Labute approximate surface area is 160 Å². The van der Waals surface area contributed by atoms with Crippen molar-refractivity contribution in [2.24, 2.45) is 0 Å². The summed E-state index contributed by atoms with van der Waals surface area (Å²) in [6, 6.07) is 16.7. The van der Waals surface area contributed by atoms with Crippen LogP contribution in [-0.2, 0) is 16.4 Å². The van der Waals surface area contributed by atoms with E-state index in [0.717, 1.165) is 17.5 Å². The van der Waals surface area contributed by atoms with E-state index in [-0.39, 0.29) is 11.4 Å². The van der Waals surface area contributed by atoms with E-state index in [1.54, 1.807) is 12.1 Å². The molecule has 1 aromatic heterocycles. The van der Waals surface area contributed by atoms with Gasteiger partial charge in [0.2, 0.25) is 10.0 Å². The molecule has 27 heavy (non-hydrogen) atoms. The third kappa shape index (κ3) is 4.81. The van der Waals surface area contributed by atoms with Crippen LogP contribution in [0, 0.1) is 0 Å². The van der Waals surface area contributed by atoms with Gasteiger partial charge in [-0.05, 0) is 30.0 Å². The minimum Gasteiger partial charge on any atom is -0.263 e. The quantitative estimate of drug-likeness (QED) is 0.622.